The van der Waals surface area contributed by atoms with Gasteiger partial charge in [-0.2, -0.15) is 0 Å². The van der Waals surface area contributed by atoms with Gasteiger partial charge >= 0.3 is 0 Å². The SMILES string of the molecule is CC(C)(C)c1cc(N)c(O)c(C(=O)c2ccccc2)c1. The Morgan fingerprint density at radius 2 is 1.70 bits per heavy atom. The second kappa shape index (κ2) is 5.00. The molecule has 0 spiro atoms. The first-order chi connectivity index (χ1) is 9.30. The third-order valence-corrected chi connectivity index (χ3v) is 3.29. The van der Waals surface area contributed by atoms with Crippen LogP contribution in [0.25, 0.3) is 0 Å². The molecule has 104 valence electrons. The van der Waals surface area contributed by atoms with Gasteiger partial charge in [0.05, 0.1) is 11.3 Å². The fraction of sp³-hybridized carbons (Fsp3) is 0.235. The van der Waals surface area contributed by atoms with Crippen LogP contribution in [0.15, 0.2) is 42.5 Å². The van der Waals surface area contributed by atoms with Gasteiger partial charge in [-0.1, -0.05) is 51.1 Å². The van der Waals surface area contributed by atoms with E-state index in [4.69, 9.17) is 5.73 Å². The monoisotopic (exact) mass is 269 g/mol. The van der Waals surface area contributed by atoms with E-state index in [0.29, 0.717) is 5.56 Å². The summed E-state index contributed by atoms with van der Waals surface area (Å²) in [6, 6.07) is 12.3. The summed E-state index contributed by atoms with van der Waals surface area (Å²) < 4.78 is 0. The molecule has 0 fully saturated rings. The molecule has 0 saturated carbocycles. The molecule has 0 saturated heterocycles. The van der Waals surface area contributed by atoms with Crippen LogP contribution >= 0.6 is 0 Å². The van der Waals surface area contributed by atoms with Crippen LogP contribution in [0.1, 0.15) is 42.3 Å². The molecule has 0 radical (unpaired) electrons. The number of phenolic OH excluding ortho intramolecular Hbond substituents is 1. The lowest BCUT2D eigenvalue weighted by Gasteiger charge is -2.21. The van der Waals surface area contributed by atoms with Crippen LogP contribution < -0.4 is 5.73 Å². The Labute approximate surface area is 119 Å². The van der Waals surface area contributed by atoms with Gasteiger partial charge in [0.1, 0.15) is 5.75 Å². The minimum absolute atomic E-state index is 0.145. The van der Waals surface area contributed by atoms with E-state index < -0.39 is 0 Å². The van der Waals surface area contributed by atoms with Crippen LogP contribution in [-0.2, 0) is 5.41 Å². The molecule has 0 heterocycles. The Balaban J connectivity index is 2.57. The van der Waals surface area contributed by atoms with E-state index in [-0.39, 0.29) is 28.2 Å². The van der Waals surface area contributed by atoms with Gasteiger partial charge in [-0.05, 0) is 23.1 Å². The second-order valence-electron chi connectivity index (χ2n) is 5.91. The van der Waals surface area contributed by atoms with E-state index in [0.717, 1.165) is 5.56 Å². The first-order valence-electron chi connectivity index (χ1n) is 6.53. The zero-order chi connectivity index (χ0) is 14.9. The number of benzene rings is 2. The predicted octanol–water partition coefficient (Wildman–Crippen LogP) is 3.50. The molecule has 2 aromatic rings. The molecule has 20 heavy (non-hydrogen) atoms. The van der Waals surface area contributed by atoms with Gasteiger partial charge in [-0.25, -0.2) is 0 Å². The first kappa shape index (κ1) is 14.1. The molecule has 3 nitrogen and oxygen atoms in total. The number of ketones is 1. The molecule has 3 N–H and O–H groups in total. The smallest absolute Gasteiger partial charge is 0.196 e. The summed E-state index contributed by atoms with van der Waals surface area (Å²) in [5.74, 6) is -0.368. The van der Waals surface area contributed by atoms with Crippen molar-refractivity contribution in [2.24, 2.45) is 0 Å². The maximum atomic E-state index is 12.5. The lowest BCUT2D eigenvalue weighted by Crippen LogP contribution is -2.14. The second-order valence-corrected chi connectivity index (χ2v) is 5.91. The summed E-state index contributed by atoms with van der Waals surface area (Å²) in [7, 11) is 0. The Bertz CT molecular complexity index is 640. The van der Waals surface area contributed by atoms with Gasteiger partial charge < -0.3 is 10.8 Å². The molecule has 0 unspecified atom stereocenters. The molecule has 2 aromatic carbocycles. The topological polar surface area (TPSA) is 63.3 Å². The number of carbonyl (C=O) groups is 1. The average molecular weight is 269 g/mol. The molecule has 0 aromatic heterocycles. The maximum absolute atomic E-state index is 12.5. The molecule has 3 heteroatoms. The third-order valence-electron chi connectivity index (χ3n) is 3.29. The fourth-order valence-electron chi connectivity index (χ4n) is 2.01. The largest absolute Gasteiger partial charge is 0.505 e. The fourth-order valence-corrected chi connectivity index (χ4v) is 2.01. The third kappa shape index (κ3) is 2.67. The van der Waals surface area contributed by atoms with Crippen molar-refractivity contribution in [2.75, 3.05) is 5.73 Å². The van der Waals surface area contributed by atoms with Crippen molar-refractivity contribution in [3.05, 3.63) is 59.2 Å². The normalized spacial score (nSPS) is 11.3. The predicted molar refractivity (Wildman–Crippen MR) is 81.1 cm³/mol. The summed E-state index contributed by atoms with van der Waals surface area (Å²) in [6.45, 7) is 6.11. The van der Waals surface area contributed by atoms with E-state index in [2.05, 4.69) is 0 Å². The van der Waals surface area contributed by atoms with E-state index in [9.17, 15) is 9.90 Å². The van der Waals surface area contributed by atoms with E-state index in [1.54, 1.807) is 36.4 Å². The first-order valence-corrected chi connectivity index (χ1v) is 6.53. The van der Waals surface area contributed by atoms with Crippen LogP contribution in [-0.4, -0.2) is 10.9 Å². The lowest BCUT2D eigenvalue weighted by molar-refractivity contribution is 0.103. The van der Waals surface area contributed by atoms with Gasteiger partial charge in [0.15, 0.2) is 5.78 Å². The highest BCUT2D eigenvalue weighted by Crippen LogP contribution is 2.33. The number of phenols is 1. The Morgan fingerprint density at radius 1 is 1.10 bits per heavy atom. The number of carbonyl (C=O) groups excluding carboxylic acids is 1. The van der Waals surface area contributed by atoms with Crippen molar-refractivity contribution in [2.45, 2.75) is 26.2 Å². The van der Waals surface area contributed by atoms with E-state index in [1.165, 1.54) is 0 Å². The van der Waals surface area contributed by atoms with Gasteiger partial charge in [0.2, 0.25) is 0 Å². The van der Waals surface area contributed by atoms with Gasteiger partial charge in [-0.3, -0.25) is 4.79 Å². The van der Waals surface area contributed by atoms with Crippen LogP contribution in [0.3, 0.4) is 0 Å². The van der Waals surface area contributed by atoms with Crippen LogP contribution in [0, 0.1) is 0 Å². The Morgan fingerprint density at radius 3 is 2.25 bits per heavy atom. The van der Waals surface area contributed by atoms with Crippen LogP contribution in [0.2, 0.25) is 0 Å². The average Bonchev–Trinajstić information content (AvgIpc) is 2.40. The van der Waals surface area contributed by atoms with Crippen molar-refractivity contribution in [3.63, 3.8) is 0 Å². The zero-order valence-corrected chi connectivity index (χ0v) is 12.0. The van der Waals surface area contributed by atoms with Crippen molar-refractivity contribution >= 4 is 11.5 Å². The highest BCUT2D eigenvalue weighted by molar-refractivity contribution is 6.11. The summed E-state index contributed by atoms with van der Waals surface area (Å²) in [4.78, 5) is 12.5. The molecule has 2 rings (SSSR count). The van der Waals surface area contributed by atoms with Crippen molar-refractivity contribution < 1.29 is 9.90 Å². The quantitative estimate of drug-likeness (QED) is 0.498. The highest BCUT2D eigenvalue weighted by Gasteiger charge is 2.21. The number of rotatable bonds is 2. The van der Waals surface area contributed by atoms with Crippen LogP contribution in [0.4, 0.5) is 5.69 Å². The standard InChI is InChI=1S/C17H19NO2/c1-17(2,3)12-9-13(16(20)14(18)10-12)15(19)11-7-5-4-6-8-11/h4-10,20H,18H2,1-3H3. The lowest BCUT2D eigenvalue weighted by atomic mass is 9.84. The van der Waals surface area contributed by atoms with E-state index >= 15 is 0 Å². The van der Waals surface area contributed by atoms with Crippen molar-refractivity contribution in [3.8, 4) is 5.75 Å². The van der Waals surface area contributed by atoms with Crippen LogP contribution in [0.5, 0.6) is 5.75 Å². The Kier molecular flexibility index (Phi) is 3.53. The van der Waals surface area contributed by atoms with Gasteiger partial charge in [-0.15, -0.1) is 0 Å². The number of hydrogen-bond donors (Lipinski definition) is 2. The summed E-state index contributed by atoms with van der Waals surface area (Å²) in [5.41, 5.74) is 7.63. The minimum atomic E-state index is -0.221. The molecule has 0 aliphatic heterocycles. The van der Waals surface area contributed by atoms with Crippen molar-refractivity contribution in [1.29, 1.82) is 0 Å². The van der Waals surface area contributed by atoms with Gasteiger partial charge in [0, 0.05) is 5.56 Å². The number of nitrogens with two attached hydrogens (primary N) is 1. The summed E-state index contributed by atoms with van der Waals surface area (Å²) >= 11 is 0. The molecule has 0 aliphatic rings. The number of anilines is 1. The number of nitrogen functional groups attached to an aromatic ring is 1. The zero-order valence-electron chi connectivity index (χ0n) is 12.0. The number of hydrogen-bond acceptors (Lipinski definition) is 3. The van der Waals surface area contributed by atoms with E-state index in [1.807, 2.05) is 26.8 Å². The molecule has 0 atom stereocenters. The maximum Gasteiger partial charge on any atom is 0.196 e. The highest BCUT2D eigenvalue weighted by atomic mass is 16.3. The van der Waals surface area contributed by atoms with Crippen molar-refractivity contribution in [1.82, 2.24) is 0 Å². The Hall–Kier alpha value is -2.29. The molecular formula is C17H19NO2. The summed E-state index contributed by atoms with van der Waals surface area (Å²) in [6.07, 6.45) is 0. The molecule has 0 aliphatic carbocycles. The minimum Gasteiger partial charge on any atom is -0.505 e. The number of aromatic hydroxyl groups is 1. The van der Waals surface area contributed by atoms with Gasteiger partial charge in [0.25, 0.3) is 0 Å². The molecule has 0 amide bonds. The molecule has 0 bridgehead atoms. The summed E-state index contributed by atoms with van der Waals surface area (Å²) in [5, 5.41) is 10.1. The molecular weight excluding hydrogens is 250 g/mol.